The maximum Gasteiger partial charge on any atom is 0.0455 e. The van der Waals surface area contributed by atoms with Crippen LogP contribution in [0.3, 0.4) is 0 Å². The van der Waals surface area contributed by atoms with Crippen LogP contribution in [0.5, 0.6) is 0 Å². The second-order valence-electron chi connectivity index (χ2n) is 3.60. The molecular weight excluding hydrogens is 194 g/mol. The Bertz CT molecular complexity index is 284. The van der Waals surface area contributed by atoms with Gasteiger partial charge in [0.25, 0.3) is 0 Å². The number of unbranched alkanes of at least 4 members (excludes halogenated alkanes) is 2. The molecule has 1 N–H and O–H groups in total. The molecule has 0 heterocycles. The highest BCUT2D eigenvalue weighted by Gasteiger charge is 1.96. The maximum absolute atomic E-state index is 6.01. The Morgan fingerprint density at radius 3 is 2.71 bits per heavy atom. The SMILES string of the molecule is CCCCCNc1ccc(C)c(Cl)c1. The molecule has 1 rings (SSSR count). The maximum atomic E-state index is 6.01. The van der Waals surface area contributed by atoms with E-state index in [0.29, 0.717) is 0 Å². The van der Waals surface area contributed by atoms with Gasteiger partial charge in [-0.05, 0) is 31.0 Å². The molecule has 14 heavy (non-hydrogen) atoms. The molecule has 1 aromatic carbocycles. The van der Waals surface area contributed by atoms with Gasteiger partial charge >= 0.3 is 0 Å². The molecule has 0 fully saturated rings. The second-order valence-corrected chi connectivity index (χ2v) is 4.01. The van der Waals surface area contributed by atoms with E-state index in [1.807, 2.05) is 19.1 Å². The molecule has 0 unspecified atom stereocenters. The molecule has 1 aromatic rings. The summed E-state index contributed by atoms with van der Waals surface area (Å²) in [5, 5.41) is 4.20. The van der Waals surface area contributed by atoms with Gasteiger partial charge in [-0.15, -0.1) is 0 Å². The van der Waals surface area contributed by atoms with E-state index >= 15 is 0 Å². The average molecular weight is 212 g/mol. The van der Waals surface area contributed by atoms with Crippen molar-refractivity contribution in [3.05, 3.63) is 28.8 Å². The molecule has 0 spiro atoms. The van der Waals surface area contributed by atoms with E-state index in [4.69, 9.17) is 11.6 Å². The topological polar surface area (TPSA) is 12.0 Å². The third-order valence-corrected chi connectivity index (χ3v) is 2.69. The Kier molecular flexibility index (Phi) is 4.81. The molecule has 0 aliphatic heterocycles. The third-order valence-electron chi connectivity index (χ3n) is 2.28. The lowest BCUT2D eigenvalue weighted by Crippen LogP contribution is -2.01. The molecule has 0 saturated heterocycles. The molecule has 1 nitrogen and oxygen atoms in total. The Hall–Kier alpha value is -0.690. The fourth-order valence-corrected chi connectivity index (χ4v) is 1.49. The van der Waals surface area contributed by atoms with Crippen LogP contribution in [0.2, 0.25) is 5.02 Å². The molecule has 0 saturated carbocycles. The molecule has 0 aromatic heterocycles. The van der Waals surface area contributed by atoms with Crippen molar-refractivity contribution in [2.75, 3.05) is 11.9 Å². The normalized spacial score (nSPS) is 10.2. The van der Waals surface area contributed by atoms with Gasteiger partial charge in [-0.1, -0.05) is 37.4 Å². The molecular formula is C12H18ClN. The standard InChI is InChI=1S/C12H18ClN/c1-3-4-5-8-14-11-7-6-10(2)12(13)9-11/h6-7,9,14H,3-5,8H2,1-2H3. The molecule has 0 bridgehead atoms. The zero-order valence-corrected chi connectivity index (χ0v) is 9.69. The van der Waals surface area contributed by atoms with Gasteiger partial charge in [0.2, 0.25) is 0 Å². The van der Waals surface area contributed by atoms with E-state index in [-0.39, 0.29) is 0 Å². The van der Waals surface area contributed by atoms with Crippen molar-refractivity contribution in [3.63, 3.8) is 0 Å². The first-order valence-corrected chi connectivity index (χ1v) is 5.62. The van der Waals surface area contributed by atoms with E-state index in [9.17, 15) is 0 Å². The summed E-state index contributed by atoms with van der Waals surface area (Å²) in [6, 6.07) is 6.11. The van der Waals surface area contributed by atoms with Crippen molar-refractivity contribution in [1.82, 2.24) is 0 Å². The van der Waals surface area contributed by atoms with Gasteiger partial charge in [-0.25, -0.2) is 0 Å². The zero-order valence-electron chi connectivity index (χ0n) is 8.94. The van der Waals surface area contributed by atoms with Crippen LogP contribution in [0.1, 0.15) is 31.7 Å². The van der Waals surface area contributed by atoms with Crippen LogP contribution < -0.4 is 5.32 Å². The van der Waals surface area contributed by atoms with Gasteiger partial charge in [0.05, 0.1) is 0 Å². The molecule has 0 amide bonds. The zero-order chi connectivity index (χ0) is 10.4. The number of benzene rings is 1. The quantitative estimate of drug-likeness (QED) is 0.718. The van der Waals surface area contributed by atoms with Crippen LogP contribution in [0, 0.1) is 6.92 Å². The first-order valence-electron chi connectivity index (χ1n) is 5.24. The number of nitrogens with one attached hydrogen (secondary N) is 1. The lowest BCUT2D eigenvalue weighted by molar-refractivity contribution is 0.744. The lowest BCUT2D eigenvalue weighted by atomic mass is 10.2. The van der Waals surface area contributed by atoms with Crippen LogP contribution >= 0.6 is 11.6 Å². The van der Waals surface area contributed by atoms with Gasteiger partial charge in [0, 0.05) is 17.3 Å². The van der Waals surface area contributed by atoms with Gasteiger partial charge in [-0.3, -0.25) is 0 Å². The lowest BCUT2D eigenvalue weighted by Gasteiger charge is -2.07. The van der Waals surface area contributed by atoms with E-state index in [1.54, 1.807) is 0 Å². The molecule has 78 valence electrons. The summed E-state index contributed by atoms with van der Waals surface area (Å²) in [4.78, 5) is 0. The van der Waals surface area contributed by atoms with Crippen LogP contribution in [0.4, 0.5) is 5.69 Å². The van der Waals surface area contributed by atoms with Crippen LogP contribution in [-0.2, 0) is 0 Å². The molecule has 0 atom stereocenters. The van der Waals surface area contributed by atoms with Crippen LogP contribution in [0.15, 0.2) is 18.2 Å². The minimum absolute atomic E-state index is 0.838. The van der Waals surface area contributed by atoms with Crippen molar-refractivity contribution in [3.8, 4) is 0 Å². The number of anilines is 1. The first-order chi connectivity index (χ1) is 6.74. The van der Waals surface area contributed by atoms with Crippen LogP contribution in [0.25, 0.3) is 0 Å². The highest BCUT2D eigenvalue weighted by molar-refractivity contribution is 6.31. The highest BCUT2D eigenvalue weighted by atomic mass is 35.5. The summed E-state index contributed by atoms with van der Waals surface area (Å²) in [6.07, 6.45) is 3.77. The number of hydrogen-bond donors (Lipinski definition) is 1. The summed E-state index contributed by atoms with van der Waals surface area (Å²) < 4.78 is 0. The van der Waals surface area contributed by atoms with Crippen LogP contribution in [-0.4, -0.2) is 6.54 Å². The third kappa shape index (κ3) is 3.59. The molecule has 0 aliphatic carbocycles. The van der Waals surface area contributed by atoms with E-state index in [0.717, 1.165) is 22.8 Å². The van der Waals surface area contributed by atoms with Crippen molar-refractivity contribution in [2.45, 2.75) is 33.1 Å². The molecule has 0 radical (unpaired) electrons. The summed E-state index contributed by atoms with van der Waals surface area (Å²) in [5.41, 5.74) is 2.25. The number of halogens is 1. The predicted molar refractivity (Wildman–Crippen MR) is 64.2 cm³/mol. The fraction of sp³-hybridized carbons (Fsp3) is 0.500. The van der Waals surface area contributed by atoms with Crippen molar-refractivity contribution in [1.29, 1.82) is 0 Å². The van der Waals surface area contributed by atoms with E-state index < -0.39 is 0 Å². The predicted octanol–water partition coefficient (Wildman–Crippen LogP) is 4.25. The number of aryl methyl sites for hydroxylation is 1. The monoisotopic (exact) mass is 211 g/mol. The van der Waals surface area contributed by atoms with Gasteiger partial charge < -0.3 is 5.32 Å². The smallest absolute Gasteiger partial charge is 0.0455 e. The second kappa shape index (κ2) is 5.92. The van der Waals surface area contributed by atoms with E-state index in [2.05, 4.69) is 18.3 Å². The Labute approximate surface area is 91.5 Å². The summed E-state index contributed by atoms with van der Waals surface area (Å²) >= 11 is 6.01. The largest absolute Gasteiger partial charge is 0.385 e. The minimum Gasteiger partial charge on any atom is -0.385 e. The summed E-state index contributed by atoms with van der Waals surface area (Å²) in [7, 11) is 0. The Morgan fingerprint density at radius 1 is 1.29 bits per heavy atom. The van der Waals surface area contributed by atoms with Gasteiger partial charge in [0.15, 0.2) is 0 Å². The van der Waals surface area contributed by atoms with Crippen molar-refractivity contribution in [2.24, 2.45) is 0 Å². The first kappa shape index (κ1) is 11.4. The molecule has 2 heteroatoms. The van der Waals surface area contributed by atoms with Gasteiger partial charge in [-0.2, -0.15) is 0 Å². The average Bonchev–Trinajstić information content (AvgIpc) is 2.18. The Morgan fingerprint density at radius 2 is 2.07 bits per heavy atom. The fourth-order valence-electron chi connectivity index (χ4n) is 1.31. The minimum atomic E-state index is 0.838. The van der Waals surface area contributed by atoms with Gasteiger partial charge in [0.1, 0.15) is 0 Å². The van der Waals surface area contributed by atoms with Crippen molar-refractivity contribution >= 4 is 17.3 Å². The van der Waals surface area contributed by atoms with Crippen molar-refractivity contribution < 1.29 is 0 Å². The molecule has 0 aliphatic rings. The van der Waals surface area contributed by atoms with E-state index in [1.165, 1.54) is 19.3 Å². The number of rotatable bonds is 5. The highest BCUT2D eigenvalue weighted by Crippen LogP contribution is 2.19. The Balaban J connectivity index is 2.39. The summed E-state index contributed by atoms with van der Waals surface area (Å²) in [5.74, 6) is 0. The number of hydrogen-bond acceptors (Lipinski definition) is 1. The summed E-state index contributed by atoms with van der Waals surface area (Å²) in [6.45, 7) is 5.26.